The Balaban J connectivity index is 1.63. The highest BCUT2D eigenvalue weighted by Gasteiger charge is 2.27. The first-order valence-electron chi connectivity index (χ1n) is 8.93. The van der Waals surface area contributed by atoms with Crippen molar-refractivity contribution in [1.82, 2.24) is 9.62 Å². The zero-order valence-electron chi connectivity index (χ0n) is 15.2. The molecule has 1 aliphatic rings. The molecule has 0 aliphatic carbocycles. The van der Waals surface area contributed by atoms with E-state index in [1.807, 2.05) is 30.3 Å². The number of amides is 2. The van der Waals surface area contributed by atoms with Gasteiger partial charge in [-0.2, -0.15) is 4.31 Å². The molecule has 0 atom stereocenters. The average Bonchev–Trinajstić information content (AvgIpc) is 2.71. The molecule has 150 valence electrons. The Hall–Kier alpha value is -2.13. The molecule has 1 fully saturated rings. The zero-order valence-corrected chi connectivity index (χ0v) is 16.8. The van der Waals surface area contributed by atoms with Gasteiger partial charge in [0, 0.05) is 19.6 Å². The van der Waals surface area contributed by atoms with Crippen LogP contribution in [0, 0.1) is 0 Å². The summed E-state index contributed by atoms with van der Waals surface area (Å²) >= 11 is 6.14. The van der Waals surface area contributed by atoms with Crippen LogP contribution >= 0.6 is 11.6 Å². The molecule has 0 bridgehead atoms. The Morgan fingerprint density at radius 2 is 1.82 bits per heavy atom. The van der Waals surface area contributed by atoms with E-state index >= 15 is 0 Å². The first-order chi connectivity index (χ1) is 13.5. The molecule has 2 aromatic carbocycles. The predicted molar refractivity (Wildman–Crippen MR) is 108 cm³/mol. The first-order valence-corrected chi connectivity index (χ1v) is 10.7. The number of rotatable bonds is 6. The van der Waals surface area contributed by atoms with E-state index < -0.39 is 16.1 Å². The second-order valence-electron chi connectivity index (χ2n) is 6.27. The van der Waals surface area contributed by atoms with E-state index in [0.717, 1.165) is 5.56 Å². The lowest BCUT2D eigenvalue weighted by Gasteiger charge is -2.26. The van der Waals surface area contributed by atoms with Gasteiger partial charge in [0.25, 0.3) is 0 Å². The minimum Gasteiger partial charge on any atom is -0.379 e. The monoisotopic (exact) mass is 423 g/mol. The minimum atomic E-state index is -3.67. The van der Waals surface area contributed by atoms with Crippen molar-refractivity contribution in [3.05, 3.63) is 59.1 Å². The third-order valence-electron chi connectivity index (χ3n) is 4.34. The lowest BCUT2D eigenvalue weighted by Crippen LogP contribution is -2.40. The molecule has 28 heavy (non-hydrogen) atoms. The molecular weight excluding hydrogens is 402 g/mol. The smallest absolute Gasteiger partial charge is 0.319 e. The van der Waals surface area contributed by atoms with E-state index in [1.54, 1.807) is 0 Å². The van der Waals surface area contributed by atoms with Gasteiger partial charge in [-0.3, -0.25) is 0 Å². The number of nitrogens with one attached hydrogen (secondary N) is 2. The van der Waals surface area contributed by atoms with Gasteiger partial charge in [0.05, 0.1) is 28.8 Å². The summed E-state index contributed by atoms with van der Waals surface area (Å²) < 4.78 is 32.1. The van der Waals surface area contributed by atoms with Crippen LogP contribution in [-0.2, 0) is 21.2 Å². The molecular formula is C19H22ClN3O4S. The molecule has 9 heteroatoms. The number of morpholine rings is 1. The molecule has 0 unspecified atom stereocenters. The van der Waals surface area contributed by atoms with Crippen LogP contribution in [0.1, 0.15) is 5.56 Å². The van der Waals surface area contributed by atoms with Crippen molar-refractivity contribution in [3.63, 3.8) is 0 Å². The SMILES string of the molecule is O=C(NCCc1ccccc1)Nc1cc(S(=O)(=O)N2CCOCC2)ccc1Cl. The van der Waals surface area contributed by atoms with Crippen LogP contribution in [0.25, 0.3) is 0 Å². The Morgan fingerprint density at radius 1 is 1.11 bits per heavy atom. The maximum absolute atomic E-state index is 12.8. The third-order valence-corrected chi connectivity index (χ3v) is 6.56. The van der Waals surface area contributed by atoms with Crippen LogP contribution in [-0.4, -0.2) is 51.6 Å². The van der Waals surface area contributed by atoms with Gasteiger partial charge in [0.15, 0.2) is 0 Å². The van der Waals surface area contributed by atoms with Crippen LogP contribution in [0.4, 0.5) is 10.5 Å². The Bertz CT molecular complexity index is 916. The molecule has 7 nitrogen and oxygen atoms in total. The molecule has 0 aromatic heterocycles. The number of carbonyl (C=O) groups is 1. The number of urea groups is 1. The molecule has 0 radical (unpaired) electrons. The number of sulfonamides is 1. The van der Waals surface area contributed by atoms with Gasteiger partial charge in [-0.1, -0.05) is 41.9 Å². The largest absolute Gasteiger partial charge is 0.379 e. The summed E-state index contributed by atoms with van der Waals surface area (Å²) in [6, 6.07) is 13.6. The molecule has 1 saturated heterocycles. The first kappa shape index (κ1) is 20.6. The van der Waals surface area contributed by atoms with Crippen molar-refractivity contribution in [2.75, 3.05) is 38.2 Å². The topological polar surface area (TPSA) is 87.7 Å². The summed E-state index contributed by atoms with van der Waals surface area (Å²) in [7, 11) is -3.67. The summed E-state index contributed by atoms with van der Waals surface area (Å²) in [4.78, 5) is 12.2. The van der Waals surface area contributed by atoms with Crippen molar-refractivity contribution >= 4 is 33.3 Å². The van der Waals surface area contributed by atoms with Gasteiger partial charge in [0.2, 0.25) is 10.0 Å². The van der Waals surface area contributed by atoms with Gasteiger partial charge >= 0.3 is 6.03 Å². The number of hydrogen-bond donors (Lipinski definition) is 2. The molecule has 0 spiro atoms. The van der Waals surface area contributed by atoms with Gasteiger partial charge in [-0.05, 0) is 30.2 Å². The number of nitrogens with zero attached hydrogens (tertiary/aromatic N) is 1. The van der Waals surface area contributed by atoms with Crippen molar-refractivity contribution in [2.45, 2.75) is 11.3 Å². The maximum Gasteiger partial charge on any atom is 0.319 e. The summed E-state index contributed by atoms with van der Waals surface area (Å²) in [5.74, 6) is 0. The Morgan fingerprint density at radius 3 is 2.54 bits per heavy atom. The molecule has 2 aromatic rings. The van der Waals surface area contributed by atoms with Gasteiger partial charge < -0.3 is 15.4 Å². The van der Waals surface area contributed by atoms with Crippen LogP contribution in [0.2, 0.25) is 5.02 Å². The molecule has 1 heterocycles. The van der Waals surface area contributed by atoms with Gasteiger partial charge in [-0.25, -0.2) is 13.2 Å². The quantitative estimate of drug-likeness (QED) is 0.747. The average molecular weight is 424 g/mol. The predicted octanol–water partition coefficient (Wildman–Crippen LogP) is 2.73. The van der Waals surface area contributed by atoms with Crippen molar-refractivity contribution in [3.8, 4) is 0 Å². The van der Waals surface area contributed by atoms with E-state index in [9.17, 15) is 13.2 Å². The van der Waals surface area contributed by atoms with Crippen molar-refractivity contribution < 1.29 is 17.9 Å². The van der Waals surface area contributed by atoms with Crippen LogP contribution in [0.15, 0.2) is 53.4 Å². The van der Waals surface area contributed by atoms with E-state index in [2.05, 4.69) is 10.6 Å². The summed E-state index contributed by atoms with van der Waals surface area (Å²) in [5.41, 5.74) is 1.35. The van der Waals surface area contributed by atoms with E-state index in [4.69, 9.17) is 16.3 Å². The fourth-order valence-corrected chi connectivity index (χ4v) is 4.43. The normalized spacial score (nSPS) is 15.2. The third kappa shape index (κ3) is 5.23. The number of benzene rings is 2. The molecule has 2 amide bonds. The van der Waals surface area contributed by atoms with Gasteiger partial charge in [-0.15, -0.1) is 0 Å². The maximum atomic E-state index is 12.8. The van der Waals surface area contributed by atoms with Crippen molar-refractivity contribution in [1.29, 1.82) is 0 Å². The standard InChI is InChI=1S/C19H22ClN3O4S/c20-17-7-6-16(28(25,26)23-10-12-27-13-11-23)14-18(17)22-19(24)21-9-8-15-4-2-1-3-5-15/h1-7,14H,8-13H2,(H2,21,22,24). The van der Waals surface area contributed by atoms with E-state index in [1.165, 1.54) is 22.5 Å². The highest BCUT2D eigenvalue weighted by atomic mass is 35.5. The lowest BCUT2D eigenvalue weighted by molar-refractivity contribution is 0.0730. The molecule has 3 rings (SSSR count). The number of ether oxygens (including phenoxy) is 1. The minimum absolute atomic E-state index is 0.0818. The lowest BCUT2D eigenvalue weighted by atomic mass is 10.1. The highest BCUT2D eigenvalue weighted by Crippen LogP contribution is 2.27. The molecule has 0 saturated carbocycles. The number of carbonyl (C=O) groups excluding carboxylic acids is 1. The fraction of sp³-hybridized carbons (Fsp3) is 0.316. The Kier molecular flexibility index (Phi) is 6.90. The van der Waals surface area contributed by atoms with Crippen LogP contribution < -0.4 is 10.6 Å². The summed E-state index contributed by atoms with van der Waals surface area (Å²) in [6.45, 7) is 1.77. The van der Waals surface area contributed by atoms with Crippen molar-refractivity contribution in [2.24, 2.45) is 0 Å². The number of halogens is 1. The molecule has 2 N–H and O–H groups in total. The van der Waals surface area contributed by atoms with Crippen LogP contribution in [0.5, 0.6) is 0 Å². The van der Waals surface area contributed by atoms with Crippen LogP contribution in [0.3, 0.4) is 0 Å². The second-order valence-corrected chi connectivity index (χ2v) is 8.62. The van der Waals surface area contributed by atoms with E-state index in [0.29, 0.717) is 39.3 Å². The summed E-state index contributed by atoms with van der Waals surface area (Å²) in [5, 5.41) is 5.63. The second kappa shape index (κ2) is 9.38. The highest BCUT2D eigenvalue weighted by molar-refractivity contribution is 7.89. The number of hydrogen-bond acceptors (Lipinski definition) is 4. The van der Waals surface area contributed by atoms with Gasteiger partial charge in [0.1, 0.15) is 0 Å². The summed E-state index contributed by atoms with van der Waals surface area (Å²) in [6.07, 6.45) is 0.688. The fourth-order valence-electron chi connectivity index (χ4n) is 2.83. The number of anilines is 1. The van der Waals surface area contributed by atoms with E-state index in [-0.39, 0.29) is 15.6 Å². The zero-order chi connectivity index (χ0) is 20.0. The Labute approximate surface area is 169 Å². The molecule has 1 aliphatic heterocycles.